The molecule has 1 heterocycles. The third-order valence-electron chi connectivity index (χ3n) is 3.93. The molecule has 1 aliphatic heterocycles. The summed E-state index contributed by atoms with van der Waals surface area (Å²) in [4.78, 5) is 0. The van der Waals surface area contributed by atoms with E-state index in [0.29, 0.717) is 0 Å². The van der Waals surface area contributed by atoms with E-state index in [2.05, 4.69) is 6.92 Å². The van der Waals surface area contributed by atoms with Crippen LogP contribution in [0.25, 0.3) is 0 Å². The predicted molar refractivity (Wildman–Crippen MR) is 77.7 cm³/mol. The summed E-state index contributed by atoms with van der Waals surface area (Å²) >= 11 is 0. The van der Waals surface area contributed by atoms with Crippen LogP contribution in [0.5, 0.6) is 0 Å². The van der Waals surface area contributed by atoms with E-state index in [0.717, 1.165) is 19.3 Å². The van der Waals surface area contributed by atoms with Gasteiger partial charge in [0.25, 0.3) is 0 Å². The van der Waals surface area contributed by atoms with Crippen molar-refractivity contribution in [1.29, 1.82) is 0 Å². The SMILES string of the molecule is CCCCCCC[C@H](C)O[C@@H]1O[C@H](CO)[C@H](O)[C@H](O)[C@H]1O. The molecule has 0 bridgehead atoms. The van der Waals surface area contributed by atoms with Gasteiger partial charge in [-0.1, -0.05) is 39.0 Å². The Morgan fingerprint density at radius 3 is 2.29 bits per heavy atom. The molecular formula is C15H30O6. The summed E-state index contributed by atoms with van der Waals surface area (Å²) in [6.07, 6.45) is 0.608. The summed E-state index contributed by atoms with van der Waals surface area (Å²) < 4.78 is 10.9. The summed E-state index contributed by atoms with van der Waals surface area (Å²) in [7, 11) is 0. The summed E-state index contributed by atoms with van der Waals surface area (Å²) in [5, 5.41) is 38.3. The molecule has 0 amide bonds. The van der Waals surface area contributed by atoms with Crippen LogP contribution in [-0.4, -0.2) is 63.8 Å². The first kappa shape index (κ1) is 18.8. The third kappa shape index (κ3) is 5.81. The van der Waals surface area contributed by atoms with Crippen LogP contribution in [0.2, 0.25) is 0 Å². The van der Waals surface area contributed by atoms with Crippen molar-refractivity contribution < 1.29 is 29.9 Å². The Morgan fingerprint density at radius 2 is 1.67 bits per heavy atom. The number of rotatable bonds is 9. The largest absolute Gasteiger partial charge is 0.394 e. The molecule has 6 atom stereocenters. The first-order chi connectivity index (χ1) is 10.0. The van der Waals surface area contributed by atoms with Gasteiger partial charge < -0.3 is 29.9 Å². The molecule has 21 heavy (non-hydrogen) atoms. The minimum absolute atomic E-state index is 0.118. The lowest BCUT2D eigenvalue weighted by molar-refractivity contribution is -0.310. The Balaban J connectivity index is 2.34. The molecule has 0 aliphatic carbocycles. The Morgan fingerprint density at radius 1 is 1.00 bits per heavy atom. The first-order valence-corrected chi connectivity index (χ1v) is 7.97. The zero-order valence-corrected chi connectivity index (χ0v) is 13.0. The summed E-state index contributed by atoms with van der Waals surface area (Å²) in [6, 6.07) is 0. The van der Waals surface area contributed by atoms with Crippen molar-refractivity contribution in [2.45, 2.75) is 89.2 Å². The molecule has 6 nitrogen and oxygen atoms in total. The van der Waals surface area contributed by atoms with Gasteiger partial charge in [-0.05, 0) is 13.3 Å². The fourth-order valence-electron chi connectivity index (χ4n) is 2.51. The smallest absolute Gasteiger partial charge is 0.186 e. The molecule has 6 heteroatoms. The Labute approximate surface area is 126 Å². The van der Waals surface area contributed by atoms with E-state index in [9.17, 15) is 15.3 Å². The maximum Gasteiger partial charge on any atom is 0.186 e. The normalized spacial score (nSPS) is 34.9. The van der Waals surface area contributed by atoms with Gasteiger partial charge in [-0.3, -0.25) is 0 Å². The van der Waals surface area contributed by atoms with Crippen molar-refractivity contribution in [2.75, 3.05) is 6.61 Å². The lowest BCUT2D eigenvalue weighted by Crippen LogP contribution is -2.59. The summed E-state index contributed by atoms with van der Waals surface area (Å²) in [5.41, 5.74) is 0. The maximum absolute atomic E-state index is 9.87. The number of hydrogen-bond donors (Lipinski definition) is 4. The van der Waals surface area contributed by atoms with Gasteiger partial charge in [0.2, 0.25) is 0 Å². The molecule has 0 aromatic carbocycles. The van der Waals surface area contributed by atoms with Crippen LogP contribution in [0.4, 0.5) is 0 Å². The molecule has 0 aromatic heterocycles. The molecule has 126 valence electrons. The molecule has 0 saturated carbocycles. The van der Waals surface area contributed by atoms with Gasteiger partial charge in [0, 0.05) is 0 Å². The van der Waals surface area contributed by atoms with Gasteiger partial charge in [-0.2, -0.15) is 0 Å². The van der Waals surface area contributed by atoms with Crippen molar-refractivity contribution in [3.63, 3.8) is 0 Å². The number of hydrogen-bond acceptors (Lipinski definition) is 6. The van der Waals surface area contributed by atoms with Gasteiger partial charge in [-0.15, -0.1) is 0 Å². The Bertz CT molecular complexity index is 273. The van der Waals surface area contributed by atoms with Gasteiger partial charge in [0.05, 0.1) is 12.7 Å². The molecule has 1 fully saturated rings. The first-order valence-electron chi connectivity index (χ1n) is 7.97. The van der Waals surface area contributed by atoms with Crippen LogP contribution in [0.1, 0.15) is 52.4 Å². The molecular weight excluding hydrogens is 276 g/mol. The monoisotopic (exact) mass is 306 g/mol. The number of unbranched alkanes of at least 4 members (excludes halogenated alkanes) is 4. The molecule has 0 spiro atoms. The average molecular weight is 306 g/mol. The second kappa shape index (κ2) is 9.71. The van der Waals surface area contributed by atoms with Crippen molar-refractivity contribution in [3.05, 3.63) is 0 Å². The van der Waals surface area contributed by atoms with Crippen LogP contribution in [-0.2, 0) is 9.47 Å². The quantitative estimate of drug-likeness (QED) is 0.464. The number of aliphatic hydroxyl groups excluding tert-OH is 4. The van der Waals surface area contributed by atoms with E-state index in [-0.39, 0.29) is 6.10 Å². The van der Waals surface area contributed by atoms with Gasteiger partial charge in [0.15, 0.2) is 6.29 Å². The highest BCUT2D eigenvalue weighted by atomic mass is 16.7. The minimum Gasteiger partial charge on any atom is -0.394 e. The highest BCUT2D eigenvalue weighted by Gasteiger charge is 2.44. The molecule has 1 rings (SSSR count). The molecule has 4 N–H and O–H groups in total. The molecule has 1 aliphatic rings. The van der Waals surface area contributed by atoms with E-state index in [1.807, 2.05) is 6.92 Å². The van der Waals surface area contributed by atoms with Crippen molar-refractivity contribution in [1.82, 2.24) is 0 Å². The van der Waals surface area contributed by atoms with Crippen LogP contribution >= 0.6 is 0 Å². The van der Waals surface area contributed by atoms with Crippen LogP contribution in [0, 0.1) is 0 Å². The van der Waals surface area contributed by atoms with Gasteiger partial charge in [0.1, 0.15) is 24.4 Å². The number of aliphatic hydroxyl groups is 4. The Hall–Kier alpha value is -0.240. The second-order valence-electron chi connectivity index (χ2n) is 5.85. The third-order valence-corrected chi connectivity index (χ3v) is 3.93. The van der Waals surface area contributed by atoms with Crippen LogP contribution < -0.4 is 0 Å². The highest BCUT2D eigenvalue weighted by molar-refractivity contribution is 4.89. The molecule has 0 radical (unpaired) electrons. The van der Waals surface area contributed by atoms with Gasteiger partial charge in [-0.25, -0.2) is 0 Å². The topological polar surface area (TPSA) is 99.4 Å². The molecule has 0 aromatic rings. The lowest BCUT2D eigenvalue weighted by atomic mass is 9.99. The molecule has 0 unspecified atom stereocenters. The van der Waals surface area contributed by atoms with E-state index >= 15 is 0 Å². The zero-order valence-electron chi connectivity index (χ0n) is 13.0. The maximum atomic E-state index is 9.87. The summed E-state index contributed by atoms with van der Waals surface area (Å²) in [5.74, 6) is 0. The molecule has 1 saturated heterocycles. The highest BCUT2D eigenvalue weighted by Crippen LogP contribution is 2.23. The van der Waals surface area contributed by atoms with E-state index < -0.39 is 37.3 Å². The predicted octanol–water partition coefficient (Wildman–Crippen LogP) is 0.552. The standard InChI is InChI=1S/C15H30O6/c1-3-4-5-6-7-8-10(2)20-15-14(19)13(18)12(17)11(9-16)21-15/h10-19H,3-9H2,1-2H3/t10-,11+,12-,13-,14+,15+/m0/s1. The van der Waals surface area contributed by atoms with E-state index in [1.54, 1.807) is 0 Å². The average Bonchev–Trinajstić information content (AvgIpc) is 2.47. The Kier molecular flexibility index (Phi) is 8.70. The van der Waals surface area contributed by atoms with Crippen LogP contribution in [0.15, 0.2) is 0 Å². The van der Waals surface area contributed by atoms with Crippen molar-refractivity contribution in [3.8, 4) is 0 Å². The summed E-state index contributed by atoms with van der Waals surface area (Å²) in [6.45, 7) is 3.63. The fraction of sp³-hybridized carbons (Fsp3) is 1.00. The van der Waals surface area contributed by atoms with E-state index in [1.165, 1.54) is 19.3 Å². The second-order valence-corrected chi connectivity index (χ2v) is 5.85. The van der Waals surface area contributed by atoms with E-state index in [4.69, 9.17) is 14.6 Å². The fourth-order valence-corrected chi connectivity index (χ4v) is 2.51. The zero-order chi connectivity index (χ0) is 15.8. The van der Waals surface area contributed by atoms with Crippen LogP contribution in [0.3, 0.4) is 0 Å². The minimum atomic E-state index is -1.38. The van der Waals surface area contributed by atoms with Crippen molar-refractivity contribution >= 4 is 0 Å². The lowest BCUT2D eigenvalue weighted by Gasteiger charge is -2.40. The van der Waals surface area contributed by atoms with Crippen molar-refractivity contribution in [2.24, 2.45) is 0 Å². The van der Waals surface area contributed by atoms with Gasteiger partial charge >= 0.3 is 0 Å². The number of ether oxygens (including phenoxy) is 2.